The molecule has 3 nitrogen and oxygen atoms in total. The lowest BCUT2D eigenvalue weighted by Gasteiger charge is -2.11. The average molecular weight is 324 g/mol. The summed E-state index contributed by atoms with van der Waals surface area (Å²) in [4.78, 5) is 3.69. The summed E-state index contributed by atoms with van der Waals surface area (Å²) in [7, 11) is 1.29. The molecule has 0 bridgehead atoms. The van der Waals surface area contributed by atoms with Crippen LogP contribution < -0.4 is 4.74 Å². The second-order valence-electron chi connectivity index (χ2n) is 2.66. The fourth-order valence-corrected chi connectivity index (χ4v) is 1.81. The van der Waals surface area contributed by atoms with Crippen molar-refractivity contribution >= 4 is 22.6 Å². The Hall–Kier alpha value is -0.970. The summed E-state index contributed by atoms with van der Waals surface area (Å²) >= 11 is 1.83. The summed E-state index contributed by atoms with van der Waals surface area (Å²) in [6, 6.07) is 3.46. The maximum Gasteiger partial charge on any atom is 0.284 e. The summed E-state index contributed by atoms with van der Waals surface area (Å²) in [5, 5.41) is 8.54. The smallest absolute Gasteiger partial charge is 0.284 e. The largest absolute Gasteiger partial charge is 0.494 e. The highest BCUT2D eigenvalue weighted by molar-refractivity contribution is 14.1. The van der Waals surface area contributed by atoms with Crippen molar-refractivity contribution in [3.8, 4) is 11.8 Å². The van der Waals surface area contributed by atoms with Crippen LogP contribution in [-0.4, -0.2) is 12.1 Å². The van der Waals surface area contributed by atoms with Gasteiger partial charge in [-0.1, -0.05) is 0 Å². The van der Waals surface area contributed by atoms with Gasteiger partial charge in [-0.25, -0.2) is 13.8 Å². The Labute approximate surface area is 99.2 Å². The number of rotatable bonds is 3. The van der Waals surface area contributed by atoms with E-state index in [-0.39, 0.29) is 12.2 Å². The van der Waals surface area contributed by atoms with Crippen molar-refractivity contribution in [3.63, 3.8) is 0 Å². The van der Waals surface area contributed by atoms with Crippen LogP contribution in [0.4, 0.5) is 8.78 Å². The molecule has 0 atom stereocenters. The highest BCUT2D eigenvalue weighted by Gasteiger charge is 2.20. The number of nitrogens with zero attached hydrogens (tertiary/aromatic N) is 2. The van der Waals surface area contributed by atoms with Crippen molar-refractivity contribution in [2.24, 2.45) is 0 Å². The van der Waals surface area contributed by atoms with Gasteiger partial charge in [0.1, 0.15) is 9.39 Å². The van der Waals surface area contributed by atoms with Gasteiger partial charge in [0.05, 0.1) is 19.6 Å². The van der Waals surface area contributed by atoms with Gasteiger partial charge in [0.15, 0.2) is 5.75 Å². The molecule has 0 aliphatic heterocycles. The SMILES string of the molecule is COc1c(CC#N)cc(I)nc1C(F)F. The fourth-order valence-electron chi connectivity index (χ4n) is 1.17. The second kappa shape index (κ2) is 5.21. The third-order valence-corrected chi connectivity index (χ3v) is 2.28. The van der Waals surface area contributed by atoms with E-state index in [9.17, 15) is 8.78 Å². The number of nitriles is 1. The molecule has 0 N–H and O–H groups in total. The summed E-state index contributed by atoms with van der Waals surface area (Å²) in [5.74, 6) is 0.00645. The van der Waals surface area contributed by atoms with Crippen molar-refractivity contribution in [1.29, 1.82) is 5.26 Å². The van der Waals surface area contributed by atoms with E-state index in [2.05, 4.69) is 4.98 Å². The van der Waals surface area contributed by atoms with Crippen LogP contribution in [0.2, 0.25) is 0 Å². The molecule has 0 spiro atoms. The lowest BCUT2D eigenvalue weighted by molar-refractivity contribution is 0.141. The first-order valence-corrected chi connectivity index (χ1v) is 5.06. The number of ether oxygens (including phenoxy) is 1. The molecule has 0 aliphatic rings. The lowest BCUT2D eigenvalue weighted by atomic mass is 10.1. The minimum absolute atomic E-state index is 0.00645. The van der Waals surface area contributed by atoms with E-state index in [4.69, 9.17) is 10.00 Å². The van der Waals surface area contributed by atoms with Gasteiger partial charge in [-0.2, -0.15) is 5.26 Å². The maximum atomic E-state index is 12.6. The van der Waals surface area contributed by atoms with Crippen LogP contribution in [0, 0.1) is 15.0 Å². The Morgan fingerprint density at radius 3 is 2.80 bits per heavy atom. The van der Waals surface area contributed by atoms with Crippen LogP contribution in [0.3, 0.4) is 0 Å². The fraction of sp³-hybridized carbons (Fsp3) is 0.333. The monoisotopic (exact) mass is 324 g/mol. The van der Waals surface area contributed by atoms with Crippen molar-refractivity contribution < 1.29 is 13.5 Å². The molecule has 80 valence electrons. The van der Waals surface area contributed by atoms with E-state index >= 15 is 0 Å². The summed E-state index contributed by atoms with van der Waals surface area (Å²) in [6.07, 6.45) is -2.67. The van der Waals surface area contributed by atoms with Gasteiger partial charge in [-0.15, -0.1) is 0 Å². The molecule has 0 aromatic carbocycles. The molecule has 1 aromatic rings. The number of hydrogen-bond donors (Lipinski definition) is 0. The average Bonchev–Trinajstić information content (AvgIpc) is 2.17. The summed E-state index contributed by atoms with van der Waals surface area (Å²) in [5.41, 5.74) is 0.0318. The number of methoxy groups -OCH3 is 1. The van der Waals surface area contributed by atoms with Crippen LogP contribution in [-0.2, 0) is 6.42 Å². The highest BCUT2D eigenvalue weighted by atomic mass is 127. The Morgan fingerprint density at radius 1 is 1.67 bits per heavy atom. The lowest BCUT2D eigenvalue weighted by Crippen LogP contribution is -2.02. The first-order valence-electron chi connectivity index (χ1n) is 3.98. The number of alkyl halides is 2. The Bertz CT molecular complexity index is 404. The van der Waals surface area contributed by atoms with Gasteiger partial charge in [-0.3, -0.25) is 0 Å². The van der Waals surface area contributed by atoms with Crippen molar-refractivity contribution in [3.05, 3.63) is 21.0 Å². The summed E-state index contributed by atoms with van der Waals surface area (Å²) in [6.45, 7) is 0. The number of hydrogen-bond acceptors (Lipinski definition) is 3. The molecule has 6 heteroatoms. The topological polar surface area (TPSA) is 45.9 Å². The van der Waals surface area contributed by atoms with E-state index in [1.807, 2.05) is 28.7 Å². The first-order chi connectivity index (χ1) is 7.10. The second-order valence-corrected chi connectivity index (χ2v) is 3.76. The molecule has 1 aromatic heterocycles. The van der Waals surface area contributed by atoms with Gasteiger partial charge in [0, 0.05) is 5.56 Å². The van der Waals surface area contributed by atoms with Crippen LogP contribution in [0.25, 0.3) is 0 Å². The van der Waals surface area contributed by atoms with Gasteiger partial charge in [-0.05, 0) is 28.7 Å². The Balaban J connectivity index is 3.33. The normalized spacial score (nSPS) is 10.1. The molecule has 0 saturated carbocycles. The van der Waals surface area contributed by atoms with Crippen LogP contribution >= 0.6 is 22.6 Å². The molecule has 0 aliphatic carbocycles. The van der Waals surface area contributed by atoms with Gasteiger partial charge in [0.25, 0.3) is 6.43 Å². The first kappa shape index (κ1) is 12.1. The zero-order chi connectivity index (χ0) is 11.4. The van der Waals surface area contributed by atoms with E-state index in [1.165, 1.54) is 7.11 Å². The predicted molar refractivity (Wildman–Crippen MR) is 57.8 cm³/mol. The highest BCUT2D eigenvalue weighted by Crippen LogP contribution is 2.31. The van der Waals surface area contributed by atoms with Gasteiger partial charge in [0.2, 0.25) is 0 Å². The van der Waals surface area contributed by atoms with Crippen molar-refractivity contribution in [1.82, 2.24) is 4.98 Å². The van der Waals surface area contributed by atoms with Gasteiger partial charge < -0.3 is 4.74 Å². The van der Waals surface area contributed by atoms with Crippen molar-refractivity contribution in [2.45, 2.75) is 12.8 Å². The van der Waals surface area contributed by atoms with E-state index < -0.39 is 12.1 Å². The zero-order valence-electron chi connectivity index (χ0n) is 7.80. The predicted octanol–water partition coefficient (Wildman–Crippen LogP) is 2.70. The Morgan fingerprint density at radius 2 is 2.33 bits per heavy atom. The van der Waals surface area contributed by atoms with Crippen LogP contribution in [0.15, 0.2) is 6.07 Å². The molecule has 0 amide bonds. The van der Waals surface area contributed by atoms with E-state index in [0.29, 0.717) is 9.26 Å². The molecule has 0 unspecified atom stereocenters. The van der Waals surface area contributed by atoms with Gasteiger partial charge >= 0.3 is 0 Å². The molecule has 0 fully saturated rings. The molecule has 1 rings (SSSR count). The number of halogens is 3. The molecular weight excluding hydrogens is 317 g/mol. The molecule has 15 heavy (non-hydrogen) atoms. The minimum atomic E-state index is -2.70. The molecule has 1 heterocycles. The van der Waals surface area contributed by atoms with Crippen LogP contribution in [0.1, 0.15) is 17.7 Å². The minimum Gasteiger partial charge on any atom is -0.494 e. The molecule has 0 saturated heterocycles. The number of aromatic nitrogens is 1. The quantitative estimate of drug-likeness (QED) is 0.634. The standard InChI is InChI=1S/C9H7F2IN2O/c1-15-8-5(2-3-13)4-6(12)14-7(8)9(10)11/h4,9H,2H2,1H3. The maximum absolute atomic E-state index is 12.6. The van der Waals surface area contributed by atoms with E-state index in [0.717, 1.165) is 0 Å². The zero-order valence-corrected chi connectivity index (χ0v) is 9.96. The summed E-state index contributed by atoms with van der Waals surface area (Å²) < 4.78 is 30.4. The van der Waals surface area contributed by atoms with E-state index in [1.54, 1.807) is 6.07 Å². The number of pyridine rings is 1. The third-order valence-electron chi connectivity index (χ3n) is 1.73. The molecule has 0 radical (unpaired) electrons. The third kappa shape index (κ3) is 2.75. The van der Waals surface area contributed by atoms with Crippen LogP contribution in [0.5, 0.6) is 5.75 Å². The van der Waals surface area contributed by atoms with Crippen molar-refractivity contribution in [2.75, 3.05) is 7.11 Å². The Kier molecular flexibility index (Phi) is 4.20. The molecular formula is C9H7F2IN2O.